The first kappa shape index (κ1) is 20.1. The molecule has 0 aliphatic rings. The summed E-state index contributed by atoms with van der Waals surface area (Å²) in [7, 11) is 0. The van der Waals surface area contributed by atoms with Gasteiger partial charge in [0, 0.05) is 33.5 Å². The van der Waals surface area contributed by atoms with Gasteiger partial charge in [0.05, 0.1) is 5.69 Å². The number of aryl methyl sites for hydroxylation is 1. The third-order valence-corrected chi connectivity index (χ3v) is 5.49. The normalized spacial score (nSPS) is 12.0. The maximum atomic E-state index is 12.5. The van der Waals surface area contributed by atoms with E-state index in [2.05, 4.69) is 10.3 Å². The number of amides is 1. The highest BCUT2D eigenvalue weighted by atomic mass is 35.5. The summed E-state index contributed by atoms with van der Waals surface area (Å²) in [6.45, 7) is 3.47. The average molecular weight is 441 g/mol. The van der Waals surface area contributed by atoms with Crippen molar-refractivity contribution < 1.29 is 13.9 Å². The SMILES string of the molecule is Cc1cc(=O)oc2cc(OC(C)C(=O)Nc3nc(-c4ccc(Cl)cc4)cs3)ccc12. The van der Waals surface area contributed by atoms with Crippen LogP contribution in [-0.4, -0.2) is 17.0 Å². The number of hydrogen-bond donors (Lipinski definition) is 1. The van der Waals surface area contributed by atoms with Crippen molar-refractivity contribution in [2.45, 2.75) is 20.0 Å². The molecule has 1 N–H and O–H groups in total. The van der Waals surface area contributed by atoms with Crippen LogP contribution in [0.2, 0.25) is 5.02 Å². The minimum Gasteiger partial charge on any atom is -0.481 e. The Balaban J connectivity index is 1.45. The number of benzene rings is 2. The van der Waals surface area contributed by atoms with Crippen LogP contribution in [-0.2, 0) is 4.79 Å². The van der Waals surface area contributed by atoms with Gasteiger partial charge in [-0.3, -0.25) is 10.1 Å². The Bertz CT molecular complexity index is 1280. The van der Waals surface area contributed by atoms with E-state index < -0.39 is 11.7 Å². The van der Waals surface area contributed by atoms with E-state index in [-0.39, 0.29) is 5.91 Å². The van der Waals surface area contributed by atoms with Gasteiger partial charge in [-0.1, -0.05) is 23.7 Å². The number of rotatable bonds is 5. The van der Waals surface area contributed by atoms with Gasteiger partial charge in [-0.15, -0.1) is 11.3 Å². The zero-order valence-electron chi connectivity index (χ0n) is 16.1. The van der Waals surface area contributed by atoms with Crippen molar-refractivity contribution in [3.8, 4) is 17.0 Å². The van der Waals surface area contributed by atoms with Gasteiger partial charge in [0.1, 0.15) is 11.3 Å². The fourth-order valence-corrected chi connectivity index (χ4v) is 3.78. The number of aromatic nitrogens is 1. The maximum Gasteiger partial charge on any atom is 0.336 e. The number of nitrogens with one attached hydrogen (secondary N) is 1. The molecule has 1 amide bonds. The van der Waals surface area contributed by atoms with Gasteiger partial charge in [0.25, 0.3) is 5.91 Å². The van der Waals surface area contributed by atoms with Crippen LogP contribution in [0.15, 0.2) is 63.1 Å². The molecule has 152 valence electrons. The van der Waals surface area contributed by atoms with Crippen molar-refractivity contribution in [1.29, 1.82) is 0 Å². The third-order valence-electron chi connectivity index (χ3n) is 4.48. The Morgan fingerprint density at radius 2 is 1.97 bits per heavy atom. The second-order valence-corrected chi connectivity index (χ2v) is 8.00. The number of thiazole rings is 1. The maximum absolute atomic E-state index is 12.5. The van der Waals surface area contributed by atoms with E-state index in [4.69, 9.17) is 20.8 Å². The van der Waals surface area contributed by atoms with Crippen LogP contribution in [0.3, 0.4) is 0 Å². The lowest BCUT2D eigenvalue weighted by molar-refractivity contribution is -0.122. The van der Waals surface area contributed by atoms with Crippen LogP contribution >= 0.6 is 22.9 Å². The Kier molecular flexibility index (Phi) is 5.57. The Morgan fingerprint density at radius 1 is 1.20 bits per heavy atom. The molecule has 2 aromatic carbocycles. The monoisotopic (exact) mass is 440 g/mol. The first-order chi connectivity index (χ1) is 14.4. The van der Waals surface area contributed by atoms with E-state index in [9.17, 15) is 9.59 Å². The largest absolute Gasteiger partial charge is 0.481 e. The molecule has 1 atom stereocenters. The minimum absolute atomic E-state index is 0.335. The molecule has 0 spiro atoms. The Hall–Kier alpha value is -3.16. The van der Waals surface area contributed by atoms with Crippen molar-refractivity contribution >= 4 is 44.9 Å². The lowest BCUT2D eigenvalue weighted by Gasteiger charge is -2.14. The van der Waals surface area contributed by atoms with Gasteiger partial charge in [-0.05, 0) is 43.7 Å². The molecular formula is C22H17ClN2O4S. The topological polar surface area (TPSA) is 81.4 Å². The number of ether oxygens (including phenoxy) is 1. The second-order valence-electron chi connectivity index (χ2n) is 6.70. The number of fused-ring (bicyclic) bond motifs is 1. The molecule has 8 heteroatoms. The molecule has 4 aromatic rings. The molecule has 1 unspecified atom stereocenters. The molecule has 2 aromatic heterocycles. The van der Waals surface area contributed by atoms with Gasteiger partial charge in [0.15, 0.2) is 11.2 Å². The number of anilines is 1. The molecule has 0 saturated carbocycles. The Morgan fingerprint density at radius 3 is 2.73 bits per heavy atom. The smallest absolute Gasteiger partial charge is 0.336 e. The van der Waals surface area contributed by atoms with Crippen molar-refractivity contribution in [3.63, 3.8) is 0 Å². The minimum atomic E-state index is -0.776. The number of nitrogens with zero attached hydrogens (tertiary/aromatic N) is 1. The van der Waals surface area contributed by atoms with Crippen LogP contribution in [0.5, 0.6) is 5.75 Å². The van der Waals surface area contributed by atoms with Gasteiger partial charge in [0.2, 0.25) is 0 Å². The summed E-state index contributed by atoms with van der Waals surface area (Å²) in [5, 5.41) is 6.56. The van der Waals surface area contributed by atoms with E-state index in [1.54, 1.807) is 37.3 Å². The van der Waals surface area contributed by atoms with E-state index in [0.717, 1.165) is 22.2 Å². The molecule has 6 nitrogen and oxygen atoms in total. The summed E-state index contributed by atoms with van der Waals surface area (Å²) >= 11 is 7.24. The summed E-state index contributed by atoms with van der Waals surface area (Å²) in [4.78, 5) is 28.5. The molecule has 0 bridgehead atoms. The molecule has 0 radical (unpaired) electrons. The summed E-state index contributed by atoms with van der Waals surface area (Å²) in [5.74, 6) is 0.0951. The second kappa shape index (κ2) is 8.30. The van der Waals surface area contributed by atoms with Crippen molar-refractivity contribution in [1.82, 2.24) is 4.98 Å². The lowest BCUT2D eigenvalue weighted by Crippen LogP contribution is -2.30. The van der Waals surface area contributed by atoms with Crippen LogP contribution in [0.1, 0.15) is 12.5 Å². The molecule has 4 rings (SSSR count). The molecule has 2 heterocycles. The van der Waals surface area contributed by atoms with Gasteiger partial charge >= 0.3 is 5.63 Å². The van der Waals surface area contributed by atoms with E-state index >= 15 is 0 Å². The highest BCUT2D eigenvalue weighted by molar-refractivity contribution is 7.14. The van der Waals surface area contributed by atoms with Crippen LogP contribution in [0, 0.1) is 6.92 Å². The van der Waals surface area contributed by atoms with Gasteiger partial charge in [-0.25, -0.2) is 9.78 Å². The predicted octanol–water partition coefficient (Wildman–Crippen LogP) is 5.28. The number of carbonyl (C=O) groups excluding carboxylic acids is 1. The highest BCUT2D eigenvalue weighted by Gasteiger charge is 2.17. The standard InChI is InChI=1S/C22H17ClN2O4S/c1-12-9-20(26)29-19-10-16(7-8-17(12)19)28-13(2)21(27)25-22-24-18(11-30-22)14-3-5-15(23)6-4-14/h3-11,13H,1-2H3,(H,24,25,27). The molecule has 0 aliphatic heterocycles. The summed E-state index contributed by atoms with van der Waals surface area (Å²) in [6.07, 6.45) is -0.776. The predicted molar refractivity (Wildman–Crippen MR) is 119 cm³/mol. The van der Waals surface area contributed by atoms with Crippen molar-refractivity contribution in [3.05, 3.63) is 74.9 Å². The fourth-order valence-electron chi connectivity index (χ4n) is 2.93. The van der Waals surface area contributed by atoms with Crippen LogP contribution < -0.4 is 15.7 Å². The number of carbonyl (C=O) groups is 1. The van der Waals surface area contributed by atoms with E-state index in [1.165, 1.54) is 17.4 Å². The van der Waals surface area contributed by atoms with Gasteiger partial charge in [-0.2, -0.15) is 0 Å². The van der Waals surface area contributed by atoms with Crippen molar-refractivity contribution in [2.24, 2.45) is 0 Å². The zero-order chi connectivity index (χ0) is 21.3. The highest BCUT2D eigenvalue weighted by Crippen LogP contribution is 2.27. The lowest BCUT2D eigenvalue weighted by atomic mass is 10.1. The molecule has 0 saturated heterocycles. The van der Waals surface area contributed by atoms with E-state index in [0.29, 0.717) is 21.5 Å². The first-order valence-corrected chi connectivity index (χ1v) is 10.4. The van der Waals surface area contributed by atoms with Crippen molar-refractivity contribution in [2.75, 3.05) is 5.32 Å². The average Bonchev–Trinajstić information content (AvgIpc) is 3.16. The first-order valence-electron chi connectivity index (χ1n) is 9.12. The molecule has 0 fully saturated rings. The third kappa shape index (κ3) is 4.37. The fraction of sp³-hybridized carbons (Fsp3) is 0.136. The molecule has 0 aliphatic carbocycles. The van der Waals surface area contributed by atoms with Crippen LogP contribution in [0.4, 0.5) is 5.13 Å². The van der Waals surface area contributed by atoms with Crippen LogP contribution in [0.25, 0.3) is 22.2 Å². The molecular weight excluding hydrogens is 424 g/mol. The zero-order valence-corrected chi connectivity index (χ0v) is 17.7. The van der Waals surface area contributed by atoms with Gasteiger partial charge < -0.3 is 9.15 Å². The number of hydrogen-bond acceptors (Lipinski definition) is 6. The number of halogens is 1. The Labute approximate surface area is 181 Å². The summed E-state index contributed by atoms with van der Waals surface area (Å²) < 4.78 is 10.9. The molecule has 30 heavy (non-hydrogen) atoms. The summed E-state index contributed by atoms with van der Waals surface area (Å²) in [5.41, 5.74) is 2.47. The summed E-state index contributed by atoms with van der Waals surface area (Å²) in [6, 6.07) is 13.9. The quantitative estimate of drug-likeness (QED) is 0.427. The van der Waals surface area contributed by atoms with E-state index in [1.807, 2.05) is 24.4 Å².